The minimum Gasteiger partial charge on any atom is -0.486 e. The minimum absolute atomic E-state index is 0.163. The average Bonchev–Trinajstić information content (AvgIpc) is 3.25. The van der Waals surface area contributed by atoms with E-state index in [0.29, 0.717) is 39.4 Å². The molecule has 4 aromatic rings. The molecule has 0 aliphatic carbocycles. The number of aromatic nitrogens is 5. The SMILES string of the molecule is [2H]C([2H])(O)c1ccc(/C=C/c2nn(C3CCCCO3)c3ccc(OC(C)c4c(Cl)cncc4Cl)cc23)nn1. The number of fused-ring (bicyclic) bond motifs is 1. The Morgan fingerprint density at radius 3 is 2.72 bits per heavy atom. The van der Waals surface area contributed by atoms with Gasteiger partial charge in [-0.15, -0.1) is 0 Å². The highest BCUT2D eigenvalue weighted by molar-refractivity contribution is 6.35. The number of hydrogen-bond donors (Lipinski definition) is 1. The zero-order chi connectivity index (χ0) is 26.9. The lowest BCUT2D eigenvalue weighted by molar-refractivity contribution is -0.0367. The van der Waals surface area contributed by atoms with E-state index in [1.165, 1.54) is 18.5 Å². The summed E-state index contributed by atoms with van der Waals surface area (Å²) in [6.07, 6.45) is 8.96. The van der Waals surface area contributed by atoms with Gasteiger partial charge in [-0.05, 0) is 68.7 Å². The van der Waals surface area contributed by atoms with E-state index in [2.05, 4.69) is 15.2 Å². The number of aliphatic hydroxyl groups is 1. The van der Waals surface area contributed by atoms with Gasteiger partial charge in [-0.3, -0.25) is 4.98 Å². The molecule has 4 heterocycles. The van der Waals surface area contributed by atoms with Crippen LogP contribution in [-0.4, -0.2) is 36.7 Å². The van der Waals surface area contributed by atoms with Crippen LogP contribution in [0.15, 0.2) is 42.7 Å². The van der Waals surface area contributed by atoms with E-state index in [0.717, 1.165) is 30.2 Å². The highest BCUT2D eigenvalue weighted by Crippen LogP contribution is 2.35. The van der Waals surface area contributed by atoms with Crippen molar-refractivity contribution < 1.29 is 17.3 Å². The number of hydrogen-bond acceptors (Lipinski definition) is 7. The molecule has 2 unspecified atom stereocenters. The van der Waals surface area contributed by atoms with Crippen molar-refractivity contribution in [3.8, 4) is 5.75 Å². The summed E-state index contributed by atoms with van der Waals surface area (Å²) in [5.41, 5.74) is 2.55. The van der Waals surface area contributed by atoms with Gasteiger partial charge in [0.05, 0.1) is 41.9 Å². The lowest BCUT2D eigenvalue weighted by Crippen LogP contribution is -2.19. The van der Waals surface area contributed by atoms with Crippen molar-refractivity contribution in [3.05, 3.63) is 75.4 Å². The standard InChI is InChI=1S/C26H25Cl2N5O3/c1-16(26-21(27)13-29-14-22(26)28)36-19-8-10-24-20(12-19)23(32-33(24)25-4-2-3-11-35-25)9-7-17-5-6-18(15-34)31-30-17/h5-10,12-14,16,25,34H,2-4,11,15H2,1H3/b9-7+/i15D2. The van der Waals surface area contributed by atoms with E-state index in [1.54, 1.807) is 12.1 Å². The van der Waals surface area contributed by atoms with Gasteiger partial charge in [0.2, 0.25) is 0 Å². The molecule has 0 spiro atoms. The number of ether oxygens (including phenoxy) is 2. The first kappa shape index (κ1) is 22.2. The zero-order valence-corrected chi connectivity index (χ0v) is 20.9. The molecule has 5 rings (SSSR count). The van der Waals surface area contributed by atoms with Crippen LogP contribution in [0, 0.1) is 0 Å². The highest BCUT2D eigenvalue weighted by atomic mass is 35.5. The fourth-order valence-electron chi connectivity index (χ4n) is 4.20. The Morgan fingerprint density at radius 2 is 2.03 bits per heavy atom. The maximum atomic E-state index is 9.48. The molecule has 1 aliphatic heterocycles. The summed E-state index contributed by atoms with van der Waals surface area (Å²) in [5, 5.41) is 23.8. The topological polar surface area (TPSA) is 95.2 Å². The lowest BCUT2D eigenvalue weighted by atomic mass is 10.1. The number of benzene rings is 1. The summed E-state index contributed by atoms with van der Waals surface area (Å²) in [6.45, 7) is 0.000621. The minimum atomic E-state index is -2.55. The molecule has 1 N–H and O–H groups in total. The van der Waals surface area contributed by atoms with Gasteiger partial charge in [0.15, 0.2) is 6.23 Å². The summed E-state index contributed by atoms with van der Waals surface area (Å²) in [6, 6.07) is 8.71. The van der Waals surface area contributed by atoms with Crippen LogP contribution >= 0.6 is 23.2 Å². The summed E-state index contributed by atoms with van der Waals surface area (Å²) < 4.78 is 28.8. The first-order valence-corrected chi connectivity index (χ1v) is 12.3. The monoisotopic (exact) mass is 527 g/mol. The van der Waals surface area contributed by atoms with E-state index in [1.807, 2.05) is 35.9 Å². The molecule has 10 heteroatoms. The molecule has 1 aliphatic rings. The van der Waals surface area contributed by atoms with Gasteiger partial charge < -0.3 is 14.6 Å². The second-order valence-electron chi connectivity index (χ2n) is 8.40. The maximum Gasteiger partial charge on any atom is 0.150 e. The Kier molecular flexibility index (Phi) is 6.73. The van der Waals surface area contributed by atoms with Crippen LogP contribution in [0.3, 0.4) is 0 Å². The van der Waals surface area contributed by atoms with Gasteiger partial charge in [0.1, 0.15) is 11.9 Å². The van der Waals surface area contributed by atoms with Gasteiger partial charge in [-0.1, -0.05) is 23.2 Å². The van der Waals surface area contributed by atoms with Crippen LogP contribution in [0.2, 0.25) is 10.0 Å². The van der Waals surface area contributed by atoms with Crippen molar-refractivity contribution in [2.75, 3.05) is 6.61 Å². The van der Waals surface area contributed by atoms with Crippen molar-refractivity contribution in [2.45, 2.75) is 45.1 Å². The molecule has 0 radical (unpaired) electrons. The Hall–Kier alpha value is -3.04. The van der Waals surface area contributed by atoms with Gasteiger partial charge in [0, 0.05) is 30.0 Å². The third kappa shape index (κ3) is 5.22. The summed E-state index contributed by atoms with van der Waals surface area (Å²) in [5.74, 6) is 0.613. The quantitative estimate of drug-likeness (QED) is 0.313. The van der Waals surface area contributed by atoms with Crippen LogP contribution < -0.4 is 4.74 Å². The first-order chi connectivity index (χ1) is 18.2. The summed E-state index contributed by atoms with van der Waals surface area (Å²) >= 11 is 12.7. The molecular formula is C26H25Cl2N5O3. The molecular weight excluding hydrogens is 501 g/mol. The van der Waals surface area contributed by atoms with Crippen LogP contribution in [0.4, 0.5) is 0 Å². The summed E-state index contributed by atoms with van der Waals surface area (Å²) in [4.78, 5) is 4.01. The Balaban J connectivity index is 1.49. The molecule has 1 aromatic carbocycles. The van der Waals surface area contributed by atoms with Crippen molar-refractivity contribution in [1.82, 2.24) is 25.0 Å². The van der Waals surface area contributed by atoms with Gasteiger partial charge in [-0.2, -0.15) is 15.3 Å². The Bertz CT molecular complexity index is 1450. The zero-order valence-electron chi connectivity index (χ0n) is 21.4. The fourth-order valence-corrected chi connectivity index (χ4v) is 4.88. The van der Waals surface area contributed by atoms with Crippen LogP contribution in [0.5, 0.6) is 5.75 Å². The van der Waals surface area contributed by atoms with Gasteiger partial charge in [0.25, 0.3) is 0 Å². The van der Waals surface area contributed by atoms with Gasteiger partial charge >= 0.3 is 0 Å². The van der Waals surface area contributed by atoms with Crippen molar-refractivity contribution in [1.29, 1.82) is 0 Å². The second kappa shape index (κ2) is 10.9. The fraction of sp³-hybridized carbons (Fsp3) is 0.308. The molecule has 0 amide bonds. The van der Waals surface area contributed by atoms with E-state index in [9.17, 15) is 5.11 Å². The average molecular weight is 528 g/mol. The predicted molar refractivity (Wildman–Crippen MR) is 139 cm³/mol. The smallest absolute Gasteiger partial charge is 0.150 e. The molecule has 1 fully saturated rings. The van der Waals surface area contributed by atoms with Gasteiger partial charge in [-0.25, -0.2) is 4.68 Å². The van der Waals surface area contributed by atoms with E-state index >= 15 is 0 Å². The third-order valence-corrected chi connectivity index (χ3v) is 6.56. The molecule has 0 bridgehead atoms. The predicted octanol–water partition coefficient (Wildman–Crippen LogP) is 6.03. The van der Waals surface area contributed by atoms with E-state index < -0.39 is 12.7 Å². The number of pyridine rings is 1. The van der Waals surface area contributed by atoms with Crippen LogP contribution in [0.1, 0.15) is 63.9 Å². The van der Waals surface area contributed by atoms with Crippen molar-refractivity contribution in [2.24, 2.45) is 0 Å². The largest absolute Gasteiger partial charge is 0.486 e. The maximum absolute atomic E-state index is 9.48. The van der Waals surface area contributed by atoms with Crippen LogP contribution in [-0.2, 0) is 11.3 Å². The Morgan fingerprint density at radius 1 is 1.19 bits per heavy atom. The van der Waals surface area contributed by atoms with E-state index in [-0.39, 0.29) is 11.9 Å². The number of halogens is 2. The normalized spacial score (nSPS) is 18.3. The molecule has 3 aromatic heterocycles. The Labute approximate surface area is 221 Å². The van der Waals surface area contributed by atoms with Crippen molar-refractivity contribution >= 4 is 46.3 Å². The summed E-state index contributed by atoms with van der Waals surface area (Å²) in [7, 11) is 0. The van der Waals surface area contributed by atoms with E-state index in [4.69, 9.17) is 40.5 Å². The molecule has 2 atom stereocenters. The van der Waals surface area contributed by atoms with Crippen molar-refractivity contribution in [3.63, 3.8) is 0 Å². The third-order valence-electron chi connectivity index (χ3n) is 5.96. The molecule has 1 saturated heterocycles. The first-order valence-electron chi connectivity index (χ1n) is 12.5. The number of rotatable bonds is 7. The number of nitrogens with zero attached hydrogens (tertiary/aromatic N) is 5. The molecule has 36 heavy (non-hydrogen) atoms. The molecule has 8 nitrogen and oxygen atoms in total. The molecule has 0 saturated carbocycles. The molecule has 186 valence electrons. The highest BCUT2D eigenvalue weighted by Gasteiger charge is 2.22. The van der Waals surface area contributed by atoms with Crippen LogP contribution in [0.25, 0.3) is 23.1 Å². The second-order valence-corrected chi connectivity index (χ2v) is 9.21. The lowest BCUT2D eigenvalue weighted by Gasteiger charge is -2.23.